The molecule has 0 aliphatic heterocycles. The third kappa shape index (κ3) is 3.06. The van der Waals surface area contributed by atoms with E-state index in [0.717, 1.165) is 16.5 Å². The van der Waals surface area contributed by atoms with Gasteiger partial charge in [0.15, 0.2) is 16.8 Å². The zero-order valence-electron chi connectivity index (χ0n) is 12.0. The van der Waals surface area contributed by atoms with Gasteiger partial charge >= 0.3 is 0 Å². The van der Waals surface area contributed by atoms with Gasteiger partial charge in [0.2, 0.25) is 5.89 Å². The molecule has 22 heavy (non-hydrogen) atoms. The molecule has 0 saturated heterocycles. The number of allylic oxidation sites excluding steroid dienone is 1. The Morgan fingerprint density at radius 2 is 2.14 bits per heavy atom. The Morgan fingerprint density at radius 3 is 2.82 bits per heavy atom. The molecule has 7 nitrogen and oxygen atoms in total. The molecule has 0 bridgehead atoms. The molecule has 112 valence electrons. The molecular formula is C14H14N6OS. The summed E-state index contributed by atoms with van der Waals surface area (Å²) in [6.07, 6.45) is 5.28. The molecule has 3 rings (SSSR count). The Hall–Kier alpha value is -2.48. The van der Waals surface area contributed by atoms with E-state index in [1.165, 1.54) is 11.8 Å². The van der Waals surface area contributed by atoms with Crippen molar-refractivity contribution in [2.45, 2.75) is 24.4 Å². The van der Waals surface area contributed by atoms with Crippen molar-refractivity contribution in [1.82, 2.24) is 29.9 Å². The van der Waals surface area contributed by atoms with Crippen LogP contribution in [0.4, 0.5) is 0 Å². The molecule has 3 aromatic heterocycles. The van der Waals surface area contributed by atoms with E-state index >= 15 is 0 Å². The predicted molar refractivity (Wildman–Crippen MR) is 82.0 cm³/mol. The second-order valence-electron chi connectivity index (χ2n) is 4.46. The second-order valence-corrected chi connectivity index (χ2v) is 5.40. The largest absolute Gasteiger partial charge is 0.340 e. The fourth-order valence-electron chi connectivity index (χ4n) is 1.93. The number of hydrogen-bond acceptors (Lipinski definition) is 7. The summed E-state index contributed by atoms with van der Waals surface area (Å²) >= 11 is 1.51. The van der Waals surface area contributed by atoms with Gasteiger partial charge in [-0.05, 0) is 12.1 Å². The molecule has 8 heteroatoms. The first-order chi connectivity index (χ1) is 10.8. The molecule has 3 heterocycles. The van der Waals surface area contributed by atoms with Crippen LogP contribution in [0.1, 0.15) is 11.7 Å². The van der Waals surface area contributed by atoms with Crippen LogP contribution < -0.4 is 0 Å². The number of pyridine rings is 1. The van der Waals surface area contributed by atoms with Gasteiger partial charge in [0, 0.05) is 31.4 Å². The molecule has 0 atom stereocenters. The van der Waals surface area contributed by atoms with E-state index in [1.54, 1.807) is 19.3 Å². The van der Waals surface area contributed by atoms with E-state index < -0.39 is 0 Å². The molecular weight excluding hydrogens is 300 g/mol. The normalized spacial score (nSPS) is 10.8. The van der Waals surface area contributed by atoms with Gasteiger partial charge in [-0.3, -0.25) is 9.55 Å². The SMILES string of the molecule is C=CCn1c(SCc2noc(C)n2)nnc1-c1ccncc1. The fourth-order valence-corrected chi connectivity index (χ4v) is 2.72. The smallest absolute Gasteiger partial charge is 0.223 e. The predicted octanol–water partition coefficient (Wildman–Crippen LogP) is 2.51. The monoisotopic (exact) mass is 314 g/mol. The molecule has 0 radical (unpaired) electrons. The van der Waals surface area contributed by atoms with Gasteiger partial charge in [-0.15, -0.1) is 16.8 Å². The number of rotatable bonds is 6. The standard InChI is InChI=1S/C14H14N6OS/c1-3-8-20-13(11-4-6-15-7-5-11)17-18-14(20)22-9-12-16-10(2)21-19-12/h3-7H,1,8-9H2,2H3. The van der Waals surface area contributed by atoms with Crippen molar-refractivity contribution < 1.29 is 4.52 Å². The van der Waals surface area contributed by atoms with Crippen molar-refractivity contribution in [2.75, 3.05) is 0 Å². The Kier molecular flexibility index (Phi) is 4.29. The highest BCUT2D eigenvalue weighted by molar-refractivity contribution is 7.98. The second kappa shape index (κ2) is 6.52. The van der Waals surface area contributed by atoms with Crippen LogP contribution in [0.3, 0.4) is 0 Å². The van der Waals surface area contributed by atoms with Crippen LogP contribution in [0.15, 0.2) is 46.9 Å². The summed E-state index contributed by atoms with van der Waals surface area (Å²) in [4.78, 5) is 8.20. The Morgan fingerprint density at radius 1 is 1.32 bits per heavy atom. The lowest BCUT2D eigenvalue weighted by atomic mass is 10.2. The number of aryl methyl sites for hydroxylation is 1. The molecule has 0 saturated carbocycles. The minimum atomic E-state index is 0.556. The molecule has 0 N–H and O–H groups in total. The van der Waals surface area contributed by atoms with Crippen molar-refractivity contribution in [3.63, 3.8) is 0 Å². The summed E-state index contributed by atoms with van der Waals surface area (Å²) in [7, 11) is 0. The quantitative estimate of drug-likeness (QED) is 0.510. The molecule has 0 aliphatic rings. The maximum Gasteiger partial charge on any atom is 0.223 e. The average Bonchev–Trinajstić information content (AvgIpc) is 3.13. The number of nitrogens with zero attached hydrogens (tertiary/aromatic N) is 6. The molecule has 0 amide bonds. The van der Waals surface area contributed by atoms with Crippen LogP contribution in [0.5, 0.6) is 0 Å². The van der Waals surface area contributed by atoms with Gasteiger partial charge in [0.1, 0.15) is 0 Å². The van der Waals surface area contributed by atoms with Crippen molar-refractivity contribution in [2.24, 2.45) is 0 Å². The summed E-state index contributed by atoms with van der Waals surface area (Å²) in [5.41, 5.74) is 0.964. The summed E-state index contributed by atoms with van der Waals surface area (Å²) < 4.78 is 6.96. The van der Waals surface area contributed by atoms with Crippen molar-refractivity contribution in [1.29, 1.82) is 0 Å². The maximum absolute atomic E-state index is 4.96. The lowest BCUT2D eigenvalue weighted by Gasteiger charge is -2.06. The van der Waals surface area contributed by atoms with E-state index in [0.29, 0.717) is 24.0 Å². The minimum Gasteiger partial charge on any atom is -0.340 e. The van der Waals surface area contributed by atoms with Gasteiger partial charge in [-0.1, -0.05) is 23.0 Å². The van der Waals surface area contributed by atoms with E-state index in [2.05, 4.69) is 31.9 Å². The van der Waals surface area contributed by atoms with E-state index in [9.17, 15) is 0 Å². The van der Waals surface area contributed by atoms with Gasteiger partial charge in [0.05, 0.1) is 5.75 Å². The fraction of sp³-hybridized carbons (Fsp3) is 0.214. The molecule has 0 aliphatic carbocycles. The number of aromatic nitrogens is 6. The summed E-state index contributed by atoms with van der Waals surface area (Å²) in [6, 6.07) is 3.81. The molecule has 0 unspecified atom stereocenters. The summed E-state index contributed by atoms with van der Waals surface area (Å²) in [5, 5.41) is 13.2. The topological polar surface area (TPSA) is 82.5 Å². The first-order valence-electron chi connectivity index (χ1n) is 6.64. The van der Waals surface area contributed by atoms with Gasteiger partial charge < -0.3 is 4.52 Å². The van der Waals surface area contributed by atoms with Crippen molar-refractivity contribution in [3.8, 4) is 11.4 Å². The van der Waals surface area contributed by atoms with Crippen molar-refractivity contribution >= 4 is 11.8 Å². The minimum absolute atomic E-state index is 0.556. The number of hydrogen-bond donors (Lipinski definition) is 0. The average molecular weight is 314 g/mol. The van der Waals surface area contributed by atoms with Gasteiger partial charge in [-0.25, -0.2) is 0 Å². The highest BCUT2D eigenvalue weighted by atomic mass is 32.2. The third-order valence-electron chi connectivity index (χ3n) is 2.87. The molecule has 3 aromatic rings. The van der Waals surface area contributed by atoms with E-state index in [1.807, 2.05) is 22.8 Å². The van der Waals surface area contributed by atoms with Crippen LogP contribution in [0.2, 0.25) is 0 Å². The third-order valence-corrected chi connectivity index (χ3v) is 3.83. The Bertz CT molecular complexity index is 767. The highest BCUT2D eigenvalue weighted by Crippen LogP contribution is 2.25. The first kappa shape index (κ1) is 14.5. The molecule has 0 fully saturated rings. The highest BCUT2D eigenvalue weighted by Gasteiger charge is 2.14. The van der Waals surface area contributed by atoms with Crippen LogP contribution in [-0.2, 0) is 12.3 Å². The molecule has 0 aromatic carbocycles. The zero-order chi connectivity index (χ0) is 15.4. The Balaban J connectivity index is 1.85. The number of thioether (sulfide) groups is 1. The van der Waals surface area contributed by atoms with Gasteiger partial charge in [0.25, 0.3) is 0 Å². The lowest BCUT2D eigenvalue weighted by Crippen LogP contribution is -2.01. The zero-order valence-corrected chi connectivity index (χ0v) is 12.8. The maximum atomic E-state index is 4.96. The van der Waals surface area contributed by atoms with E-state index in [4.69, 9.17) is 4.52 Å². The van der Waals surface area contributed by atoms with Crippen molar-refractivity contribution in [3.05, 3.63) is 48.9 Å². The van der Waals surface area contributed by atoms with E-state index in [-0.39, 0.29) is 0 Å². The lowest BCUT2D eigenvalue weighted by molar-refractivity contribution is 0.389. The van der Waals surface area contributed by atoms with Crippen LogP contribution in [0.25, 0.3) is 11.4 Å². The summed E-state index contributed by atoms with van der Waals surface area (Å²) in [5.74, 6) is 2.55. The van der Waals surface area contributed by atoms with Crippen LogP contribution in [-0.4, -0.2) is 29.9 Å². The van der Waals surface area contributed by atoms with Gasteiger partial charge in [-0.2, -0.15) is 4.98 Å². The molecule has 0 spiro atoms. The summed E-state index contributed by atoms with van der Waals surface area (Å²) in [6.45, 7) is 6.19. The Labute approximate surface area is 131 Å². The van der Waals surface area contributed by atoms with Crippen LogP contribution >= 0.6 is 11.8 Å². The van der Waals surface area contributed by atoms with Crippen LogP contribution in [0, 0.1) is 6.92 Å². The first-order valence-corrected chi connectivity index (χ1v) is 7.63.